The zero-order valence-corrected chi connectivity index (χ0v) is 19.5. The normalized spacial score (nSPS) is 16.8. The number of carbonyl (C=O) groups excluding carboxylic acids is 2. The monoisotopic (exact) mass is 461 g/mol. The van der Waals surface area contributed by atoms with Gasteiger partial charge in [0.05, 0.1) is 6.10 Å². The van der Waals surface area contributed by atoms with Gasteiger partial charge in [-0.15, -0.1) is 10.2 Å². The molecule has 0 fully saturated rings. The van der Waals surface area contributed by atoms with Crippen molar-refractivity contribution in [1.29, 1.82) is 0 Å². The molecule has 10 nitrogen and oxygen atoms in total. The number of amides is 2. The molecule has 5 heterocycles. The quantitative estimate of drug-likeness (QED) is 0.633. The Bertz CT molecular complexity index is 1250. The fraction of sp³-hybridized carbons (Fsp3) is 0.417. The third-order valence-electron chi connectivity index (χ3n) is 6.14. The molecular weight excluding hydrogens is 434 g/mol. The van der Waals surface area contributed by atoms with Gasteiger partial charge in [-0.25, -0.2) is 9.78 Å². The first-order valence-corrected chi connectivity index (χ1v) is 11.5. The highest BCUT2D eigenvalue weighted by Gasteiger charge is 2.26. The highest BCUT2D eigenvalue weighted by atomic mass is 16.6. The number of aromatic nitrogens is 5. The van der Waals surface area contributed by atoms with Crippen molar-refractivity contribution in [3.63, 3.8) is 0 Å². The molecule has 2 aliphatic heterocycles. The molecule has 0 spiro atoms. The molecule has 0 unspecified atom stereocenters. The molecule has 0 saturated heterocycles. The van der Waals surface area contributed by atoms with Gasteiger partial charge in [-0.05, 0) is 62.9 Å². The number of rotatable bonds is 4. The molecule has 2 amide bonds. The predicted octanol–water partition coefficient (Wildman–Crippen LogP) is 3.40. The van der Waals surface area contributed by atoms with E-state index in [1.165, 1.54) is 0 Å². The van der Waals surface area contributed by atoms with Crippen molar-refractivity contribution < 1.29 is 14.3 Å². The minimum Gasteiger partial charge on any atom is -0.447 e. The lowest BCUT2D eigenvalue weighted by Gasteiger charge is -2.28. The van der Waals surface area contributed by atoms with Gasteiger partial charge >= 0.3 is 6.09 Å². The molecule has 2 aliphatic rings. The topological polar surface area (TPSA) is 115 Å². The average Bonchev–Trinajstić information content (AvgIpc) is 3.41. The summed E-state index contributed by atoms with van der Waals surface area (Å²) in [5.41, 5.74) is 2.84. The zero-order chi connectivity index (χ0) is 23.8. The molecule has 1 N–H and O–H groups in total. The number of hydrogen-bond donors (Lipinski definition) is 1. The number of nitrogens with one attached hydrogen (secondary N) is 1. The van der Waals surface area contributed by atoms with E-state index in [0.29, 0.717) is 42.9 Å². The Morgan fingerprint density at radius 1 is 1.18 bits per heavy atom. The zero-order valence-electron chi connectivity index (χ0n) is 19.5. The maximum atomic E-state index is 12.9. The second-order valence-corrected chi connectivity index (χ2v) is 9.00. The highest BCUT2D eigenvalue weighted by molar-refractivity contribution is 6.02. The van der Waals surface area contributed by atoms with Crippen LogP contribution in [0.25, 0.3) is 11.5 Å². The van der Waals surface area contributed by atoms with Gasteiger partial charge in [0.2, 0.25) is 0 Å². The van der Waals surface area contributed by atoms with Crippen LogP contribution >= 0.6 is 0 Å². The van der Waals surface area contributed by atoms with Crippen LogP contribution in [-0.2, 0) is 24.1 Å². The van der Waals surface area contributed by atoms with Gasteiger partial charge in [0.1, 0.15) is 23.0 Å². The largest absolute Gasteiger partial charge is 0.447 e. The lowest BCUT2D eigenvalue weighted by atomic mass is 10.0. The van der Waals surface area contributed by atoms with E-state index in [2.05, 4.69) is 37.0 Å². The third-order valence-corrected chi connectivity index (χ3v) is 6.14. The van der Waals surface area contributed by atoms with E-state index < -0.39 is 0 Å². The molecule has 176 valence electrons. The van der Waals surface area contributed by atoms with Gasteiger partial charge in [-0.1, -0.05) is 6.07 Å². The summed E-state index contributed by atoms with van der Waals surface area (Å²) in [6, 6.07) is 7.47. The first kappa shape index (κ1) is 22.0. The van der Waals surface area contributed by atoms with Crippen molar-refractivity contribution >= 4 is 17.8 Å². The molecule has 0 aromatic carbocycles. The van der Waals surface area contributed by atoms with E-state index in [1.54, 1.807) is 23.2 Å². The van der Waals surface area contributed by atoms with Gasteiger partial charge in [0.15, 0.2) is 5.82 Å². The predicted molar refractivity (Wildman–Crippen MR) is 124 cm³/mol. The van der Waals surface area contributed by atoms with Crippen LogP contribution in [0, 0.1) is 0 Å². The average molecular weight is 462 g/mol. The number of hydrogen-bond acceptors (Lipinski definition) is 7. The summed E-state index contributed by atoms with van der Waals surface area (Å²) in [7, 11) is 0. The molecule has 34 heavy (non-hydrogen) atoms. The Morgan fingerprint density at radius 2 is 2.03 bits per heavy atom. The van der Waals surface area contributed by atoms with Gasteiger partial charge in [0.25, 0.3) is 5.91 Å². The summed E-state index contributed by atoms with van der Waals surface area (Å²) < 4.78 is 7.42. The Labute approximate surface area is 197 Å². The van der Waals surface area contributed by atoms with Gasteiger partial charge in [-0.3, -0.25) is 9.78 Å². The Kier molecular flexibility index (Phi) is 5.72. The standard InChI is InChI=1S/C24H27N7O3/c1-14(2)34-24(33)30-10-9-16-12-25-19(11-17(16)13-30)23(32)27-20-6-4-5-18(26-20)22-29-28-21-8-7-15(3)31(21)22/h4-6,11-12,14-15H,7-10,13H2,1-3H3,(H,26,27,32)/t15-/m1/s1. The van der Waals surface area contributed by atoms with Crippen LogP contribution in [0.5, 0.6) is 0 Å². The molecule has 3 aromatic rings. The van der Waals surface area contributed by atoms with E-state index in [4.69, 9.17) is 4.74 Å². The number of pyridine rings is 2. The molecule has 5 rings (SSSR count). The van der Waals surface area contributed by atoms with Crippen molar-refractivity contribution in [3.8, 4) is 11.5 Å². The smallest absolute Gasteiger partial charge is 0.410 e. The Balaban J connectivity index is 1.32. The fourth-order valence-corrected chi connectivity index (χ4v) is 4.40. The summed E-state index contributed by atoms with van der Waals surface area (Å²) in [4.78, 5) is 35.8. The van der Waals surface area contributed by atoms with Crippen LogP contribution in [0.4, 0.5) is 10.6 Å². The van der Waals surface area contributed by atoms with E-state index in [1.807, 2.05) is 26.0 Å². The molecular formula is C24H27N7O3. The fourth-order valence-electron chi connectivity index (χ4n) is 4.40. The van der Waals surface area contributed by atoms with E-state index >= 15 is 0 Å². The minimum atomic E-state index is -0.367. The maximum Gasteiger partial charge on any atom is 0.410 e. The number of ether oxygens (including phenoxy) is 1. The lowest BCUT2D eigenvalue weighted by molar-refractivity contribution is 0.0729. The number of nitrogens with zero attached hydrogens (tertiary/aromatic N) is 6. The number of fused-ring (bicyclic) bond motifs is 2. The second kappa shape index (κ2) is 8.85. The summed E-state index contributed by atoms with van der Waals surface area (Å²) >= 11 is 0. The van der Waals surface area contributed by atoms with Crippen LogP contribution in [0.15, 0.2) is 30.5 Å². The van der Waals surface area contributed by atoms with Crippen molar-refractivity contribution in [2.24, 2.45) is 0 Å². The van der Waals surface area contributed by atoms with E-state index in [9.17, 15) is 9.59 Å². The van der Waals surface area contributed by atoms with Crippen molar-refractivity contribution in [2.45, 2.75) is 58.7 Å². The SMILES string of the molecule is CC(C)OC(=O)N1CCc2cnc(C(=O)Nc3cccc(-c4nnc5n4[C@H](C)CC5)n3)cc2C1. The molecule has 0 saturated carbocycles. The number of carbonyl (C=O) groups is 2. The molecule has 10 heteroatoms. The second-order valence-electron chi connectivity index (χ2n) is 9.00. The molecule has 3 aromatic heterocycles. The highest BCUT2D eigenvalue weighted by Crippen LogP contribution is 2.30. The summed E-state index contributed by atoms with van der Waals surface area (Å²) in [5, 5.41) is 11.4. The van der Waals surface area contributed by atoms with Crippen LogP contribution < -0.4 is 5.32 Å². The summed E-state index contributed by atoms with van der Waals surface area (Å²) in [6.07, 6.45) is 3.78. The molecule has 0 bridgehead atoms. The van der Waals surface area contributed by atoms with E-state index in [0.717, 1.165) is 29.8 Å². The first-order chi connectivity index (χ1) is 16.4. The van der Waals surface area contributed by atoms with Crippen molar-refractivity contribution in [1.82, 2.24) is 29.6 Å². The van der Waals surface area contributed by atoms with Crippen LogP contribution in [0.1, 0.15) is 60.7 Å². The first-order valence-electron chi connectivity index (χ1n) is 11.5. The van der Waals surface area contributed by atoms with Gasteiger partial charge in [0, 0.05) is 31.7 Å². The van der Waals surface area contributed by atoms with E-state index in [-0.39, 0.29) is 23.8 Å². The summed E-state index contributed by atoms with van der Waals surface area (Å²) in [6.45, 7) is 6.73. The lowest BCUT2D eigenvalue weighted by Crippen LogP contribution is -2.37. The Morgan fingerprint density at radius 3 is 2.85 bits per heavy atom. The molecule has 1 atom stereocenters. The number of aryl methyl sites for hydroxylation is 1. The number of anilines is 1. The van der Waals surface area contributed by atoms with Gasteiger partial charge in [-0.2, -0.15) is 0 Å². The maximum absolute atomic E-state index is 12.9. The van der Waals surface area contributed by atoms with Gasteiger partial charge < -0.3 is 19.5 Å². The van der Waals surface area contributed by atoms with Crippen LogP contribution in [-0.4, -0.2) is 54.3 Å². The Hall–Kier alpha value is -3.82. The van der Waals surface area contributed by atoms with Crippen molar-refractivity contribution in [3.05, 3.63) is 53.1 Å². The molecule has 0 aliphatic carbocycles. The van der Waals surface area contributed by atoms with Crippen LogP contribution in [0.3, 0.4) is 0 Å². The minimum absolute atomic E-state index is 0.182. The molecule has 0 radical (unpaired) electrons. The van der Waals surface area contributed by atoms with Crippen molar-refractivity contribution in [2.75, 3.05) is 11.9 Å². The third kappa shape index (κ3) is 4.23. The van der Waals surface area contributed by atoms with Crippen LogP contribution in [0.2, 0.25) is 0 Å². The summed E-state index contributed by atoms with van der Waals surface area (Å²) in [5.74, 6) is 1.71.